The number of benzene rings is 1. The van der Waals surface area contributed by atoms with Crippen molar-refractivity contribution in [1.82, 2.24) is 4.98 Å². The first-order valence-electron chi connectivity index (χ1n) is 6.68. The fraction of sp³-hybridized carbons (Fsp3) is 0.250. The molecule has 0 unspecified atom stereocenters. The van der Waals surface area contributed by atoms with Gasteiger partial charge >= 0.3 is 0 Å². The fourth-order valence-corrected chi connectivity index (χ4v) is 2.32. The first-order valence-corrected chi connectivity index (χ1v) is 7.90. The van der Waals surface area contributed by atoms with E-state index < -0.39 is 0 Å². The van der Waals surface area contributed by atoms with Gasteiger partial charge in [0.1, 0.15) is 5.69 Å². The van der Waals surface area contributed by atoms with E-state index in [2.05, 4.69) is 10.3 Å². The second kappa shape index (κ2) is 7.70. The molecule has 0 spiro atoms. The summed E-state index contributed by atoms with van der Waals surface area (Å²) in [6, 6.07) is 11.3. The summed E-state index contributed by atoms with van der Waals surface area (Å²) in [6.07, 6.45) is 2.31. The van der Waals surface area contributed by atoms with E-state index in [1.165, 1.54) is 19.1 Å². The number of hydrogen-bond acceptors (Lipinski definition) is 5. The average molecular weight is 318 g/mol. The third kappa shape index (κ3) is 4.14. The normalized spacial score (nSPS) is 10.1. The summed E-state index contributed by atoms with van der Waals surface area (Å²) in [5.41, 5.74) is 1.48. The van der Waals surface area contributed by atoms with Crippen molar-refractivity contribution in [3.05, 3.63) is 42.0 Å². The number of thioether (sulfide) groups is 1. The van der Waals surface area contributed by atoms with Gasteiger partial charge in [0.15, 0.2) is 0 Å². The van der Waals surface area contributed by atoms with Crippen LogP contribution in [0.2, 0.25) is 0 Å². The quantitative estimate of drug-likeness (QED) is 0.830. The van der Waals surface area contributed by atoms with Crippen LogP contribution in [0, 0.1) is 0 Å². The summed E-state index contributed by atoms with van der Waals surface area (Å²) >= 11 is 1.67. The van der Waals surface area contributed by atoms with Crippen LogP contribution in [-0.4, -0.2) is 31.4 Å². The number of carbonyl (C=O) groups excluding carboxylic acids is 1. The number of carbonyl (C=O) groups is 1. The highest BCUT2D eigenvalue weighted by molar-refractivity contribution is 7.98. The molecule has 0 saturated carbocycles. The molecule has 2 aromatic rings. The number of ether oxygens (including phenoxy) is 2. The average Bonchev–Trinajstić information content (AvgIpc) is 2.55. The van der Waals surface area contributed by atoms with Crippen molar-refractivity contribution in [3.63, 3.8) is 0 Å². The van der Waals surface area contributed by atoms with Gasteiger partial charge in [0, 0.05) is 11.0 Å². The molecule has 1 aromatic heterocycles. The van der Waals surface area contributed by atoms with Crippen LogP contribution in [0.15, 0.2) is 41.3 Å². The molecule has 0 atom stereocenters. The van der Waals surface area contributed by atoms with Crippen LogP contribution in [0.25, 0.3) is 0 Å². The highest BCUT2D eigenvalue weighted by atomic mass is 32.2. The standard InChI is InChI=1S/C16H18N2O3S/c1-20-15-9-8-13(16(18-15)21-2)17-14(19)10-11-4-6-12(22-3)7-5-11/h4-9H,10H2,1-3H3,(H,17,19). The summed E-state index contributed by atoms with van der Waals surface area (Å²) in [7, 11) is 3.02. The number of hydrogen-bond donors (Lipinski definition) is 1. The maximum atomic E-state index is 12.1. The van der Waals surface area contributed by atoms with E-state index in [9.17, 15) is 4.79 Å². The summed E-state index contributed by atoms with van der Waals surface area (Å²) in [6.45, 7) is 0. The third-order valence-corrected chi connectivity index (χ3v) is 3.78. The molecule has 1 heterocycles. The van der Waals surface area contributed by atoms with Gasteiger partial charge in [0.2, 0.25) is 17.7 Å². The van der Waals surface area contributed by atoms with Crippen LogP contribution in [-0.2, 0) is 11.2 Å². The molecule has 0 fully saturated rings. The molecule has 0 aliphatic heterocycles. The van der Waals surface area contributed by atoms with E-state index in [4.69, 9.17) is 9.47 Å². The largest absolute Gasteiger partial charge is 0.481 e. The van der Waals surface area contributed by atoms with Crippen molar-refractivity contribution in [1.29, 1.82) is 0 Å². The number of methoxy groups -OCH3 is 2. The minimum absolute atomic E-state index is 0.123. The van der Waals surface area contributed by atoms with E-state index in [1.807, 2.05) is 30.5 Å². The maximum Gasteiger partial charge on any atom is 0.240 e. The minimum atomic E-state index is -0.123. The Morgan fingerprint density at radius 2 is 1.86 bits per heavy atom. The van der Waals surface area contributed by atoms with Crippen LogP contribution in [0.1, 0.15) is 5.56 Å². The molecule has 0 aliphatic rings. The Hall–Kier alpha value is -2.21. The second-order valence-electron chi connectivity index (χ2n) is 4.48. The van der Waals surface area contributed by atoms with Crippen LogP contribution in [0.5, 0.6) is 11.8 Å². The summed E-state index contributed by atoms with van der Waals surface area (Å²) in [4.78, 5) is 17.4. The van der Waals surface area contributed by atoms with Crippen LogP contribution in [0.3, 0.4) is 0 Å². The van der Waals surface area contributed by atoms with Crippen molar-refractivity contribution in [2.45, 2.75) is 11.3 Å². The second-order valence-corrected chi connectivity index (χ2v) is 5.36. The Labute approximate surface area is 134 Å². The molecular formula is C16H18N2O3S. The van der Waals surface area contributed by atoms with Crippen LogP contribution in [0.4, 0.5) is 5.69 Å². The number of rotatable bonds is 6. The van der Waals surface area contributed by atoms with Gasteiger partial charge in [0.05, 0.1) is 20.6 Å². The van der Waals surface area contributed by atoms with Gasteiger partial charge in [-0.05, 0) is 30.0 Å². The molecule has 5 nitrogen and oxygen atoms in total. The molecule has 22 heavy (non-hydrogen) atoms. The van der Waals surface area contributed by atoms with Gasteiger partial charge in [-0.15, -0.1) is 11.8 Å². The van der Waals surface area contributed by atoms with Gasteiger partial charge < -0.3 is 14.8 Å². The molecule has 0 saturated heterocycles. The molecule has 0 bridgehead atoms. The van der Waals surface area contributed by atoms with Crippen molar-refractivity contribution in [2.75, 3.05) is 25.8 Å². The van der Waals surface area contributed by atoms with Gasteiger partial charge in [-0.3, -0.25) is 4.79 Å². The lowest BCUT2D eigenvalue weighted by Crippen LogP contribution is -2.15. The van der Waals surface area contributed by atoms with Crippen molar-refractivity contribution in [3.8, 4) is 11.8 Å². The summed E-state index contributed by atoms with van der Waals surface area (Å²) in [5, 5.41) is 2.80. The monoisotopic (exact) mass is 318 g/mol. The lowest BCUT2D eigenvalue weighted by atomic mass is 10.1. The first kappa shape index (κ1) is 16.2. The zero-order chi connectivity index (χ0) is 15.9. The lowest BCUT2D eigenvalue weighted by molar-refractivity contribution is -0.115. The highest BCUT2D eigenvalue weighted by Gasteiger charge is 2.11. The smallest absolute Gasteiger partial charge is 0.240 e. The van der Waals surface area contributed by atoms with Gasteiger partial charge in [0.25, 0.3) is 0 Å². The van der Waals surface area contributed by atoms with E-state index in [1.54, 1.807) is 23.9 Å². The minimum Gasteiger partial charge on any atom is -0.481 e. The van der Waals surface area contributed by atoms with Gasteiger partial charge in [-0.25, -0.2) is 0 Å². The Morgan fingerprint density at radius 3 is 2.45 bits per heavy atom. The molecule has 0 radical (unpaired) electrons. The summed E-state index contributed by atoms with van der Waals surface area (Å²) < 4.78 is 10.2. The number of amides is 1. The van der Waals surface area contributed by atoms with Crippen LogP contribution >= 0.6 is 11.8 Å². The van der Waals surface area contributed by atoms with Gasteiger partial charge in [-0.2, -0.15) is 4.98 Å². The van der Waals surface area contributed by atoms with Gasteiger partial charge in [-0.1, -0.05) is 12.1 Å². The van der Waals surface area contributed by atoms with Crippen molar-refractivity contribution < 1.29 is 14.3 Å². The zero-order valence-corrected chi connectivity index (χ0v) is 13.6. The van der Waals surface area contributed by atoms with Crippen LogP contribution < -0.4 is 14.8 Å². The molecule has 1 N–H and O–H groups in total. The van der Waals surface area contributed by atoms with E-state index in [-0.39, 0.29) is 5.91 Å². The summed E-state index contributed by atoms with van der Waals surface area (Å²) in [5.74, 6) is 0.634. The zero-order valence-electron chi connectivity index (χ0n) is 12.8. The predicted octanol–water partition coefficient (Wildman–Crippen LogP) is 3.00. The first-order chi connectivity index (χ1) is 10.7. The number of anilines is 1. The fourth-order valence-electron chi connectivity index (χ4n) is 1.91. The third-order valence-electron chi connectivity index (χ3n) is 3.04. The number of pyridine rings is 1. The van der Waals surface area contributed by atoms with E-state index in [0.717, 1.165) is 5.56 Å². The Kier molecular flexibility index (Phi) is 5.66. The van der Waals surface area contributed by atoms with Crippen molar-refractivity contribution in [2.24, 2.45) is 0 Å². The molecule has 6 heteroatoms. The molecule has 2 rings (SSSR count). The van der Waals surface area contributed by atoms with E-state index in [0.29, 0.717) is 23.9 Å². The Balaban J connectivity index is 2.04. The number of nitrogens with zero attached hydrogens (tertiary/aromatic N) is 1. The highest BCUT2D eigenvalue weighted by Crippen LogP contribution is 2.25. The molecule has 116 valence electrons. The lowest BCUT2D eigenvalue weighted by Gasteiger charge is -2.10. The Morgan fingerprint density at radius 1 is 1.14 bits per heavy atom. The molecule has 0 aliphatic carbocycles. The van der Waals surface area contributed by atoms with E-state index >= 15 is 0 Å². The number of aromatic nitrogens is 1. The Bertz CT molecular complexity index is 644. The molecular weight excluding hydrogens is 300 g/mol. The molecule has 1 amide bonds. The van der Waals surface area contributed by atoms with Crippen molar-refractivity contribution >= 4 is 23.4 Å². The SMILES string of the molecule is COc1ccc(NC(=O)Cc2ccc(SC)cc2)c(OC)n1. The number of nitrogens with one attached hydrogen (secondary N) is 1. The maximum absolute atomic E-state index is 12.1. The predicted molar refractivity (Wildman–Crippen MR) is 87.9 cm³/mol. The molecule has 1 aromatic carbocycles. The topological polar surface area (TPSA) is 60.5 Å².